The van der Waals surface area contributed by atoms with Gasteiger partial charge in [-0.25, -0.2) is 0 Å². The summed E-state index contributed by atoms with van der Waals surface area (Å²) in [6.45, 7) is 1.74. The van der Waals surface area contributed by atoms with Crippen molar-refractivity contribution in [2.24, 2.45) is 0 Å². The molecule has 0 aliphatic rings. The molecule has 0 saturated carbocycles. The summed E-state index contributed by atoms with van der Waals surface area (Å²) < 4.78 is 5.13. The number of hydrogen-bond acceptors (Lipinski definition) is 2. The molecule has 4 heteroatoms. The third-order valence-electron chi connectivity index (χ3n) is 1.12. The van der Waals surface area contributed by atoms with Gasteiger partial charge in [0.2, 0.25) is 0 Å². The average Bonchev–Trinajstić information content (AvgIpc) is 1.85. The van der Waals surface area contributed by atoms with Crippen LogP contribution < -0.4 is 5.43 Å². The summed E-state index contributed by atoms with van der Waals surface area (Å²) in [5.41, 5.74) is -0.0346. The maximum absolute atomic E-state index is 10.9. The van der Waals surface area contributed by atoms with Gasteiger partial charge in [-0.05, 0) is 6.92 Å². The molecule has 0 aliphatic heterocycles. The lowest BCUT2D eigenvalue weighted by Gasteiger charge is -2.00. The van der Waals surface area contributed by atoms with E-state index in [0.29, 0.717) is 11.5 Å². The predicted octanol–water partition coefficient (Wildman–Crippen LogP) is 2.74. The Bertz CT molecular complexity index is 304. The molecule has 1 aromatic rings. The first-order valence-electron chi connectivity index (χ1n) is 2.99. The second-order valence-corrected chi connectivity index (χ2v) is 5.17. The summed E-state index contributed by atoms with van der Waals surface area (Å²) in [7, 11) is 0. The van der Waals surface area contributed by atoms with Gasteiger partial charge < -0.3 is 4.42 Å². The third-order valence-corrected chi connectivity index (χ3v) is 2.03. The van der Waals surface area contributed by atoms with Gasteiger partial charge in [-0.15, -0.1) is 0 Å². The molecule has 0 bridgehead atoms. The highest BCUT2D eigenvalue weighted by atomic mass is 79.9. The summed E-state index contributed by atoms with van der Waals surface area (Å²) in [5, 5.41) is 0. The molecular formula is C7H6Br2O2. The van der Waals surface area contributed by atoms with E-state index < -0.39 is 0 Å². The first kappa shape index (κ1) is 9.00. The van der Waals surface area contributed by atoms with Gasteiger partial charge in [0, 0.05) is 12.1 Å². The van der Waals surface area contributed by atoms with Crippen molar-refractivity contribution in [1.82, 2.24) is 0 Å². The van der Waals surface area contributed by atoms with Crippen LogP contribution in [0.2, 0.25) is 0 Å². The lowest BCUT2D eigenvalue weighted by atomic mass is 10.4. The van der Waals surface area contributed by atoms with Gasteiger partial charge >= 0.3 is 0 Å². The molecule has 1 heterocycles. The smallest absolute Gasteiger partial charge is 0.185 e. The lowest BCUT2D eigenvalue weighted by Crippen LogP contribution is -1.99. The van der Waals surface area contributed by atoms with E-state index in [2.05, 4.69) is 31.9 Å². The van der Waals surface area contributed by atoms with Gasteiger partial charge in [-0.2, -0.15) is 0 Å². The van der Waals surface area contributed by atoms with Gasteiger partial charge in [-0.1, -0.05) is 31.9 Å². The molecule has 2 nitrogen and oxygen atoms in total. The minimum absolute atomic E-state index is 0.0346. The van der Waals surface area contributed by atoms with E-state index in [0.717, 1.165) is 0 Å². The van der Waals surface area contributed by atoms with Gasteiger partial charge in [0.25, 0.3) is 0 Å². The van der Waals surface area contributed by atoms with E-state index in [1.807, 2.05) is 0 Å². The van der Waals surface area contributed by atoms with E-state index in [1.165, 1.54) is 12.1 Å². The molecule has 0 fully saturated rings. The number of hydrogen-bond donors (Lipinski definition) is 0. The highest BCUT2D eigenvalue weighted by Crippen LogP contribution is 2.28. The molecule has 0 atom stereocenters. The standard InChI is InChI=1S/C7H6Br2O2/c1-4-2-5(10)3-6(11-4)7(8)9/h2-3,7H,1H3. The topological polar surface area (TPSA) is 30.2 Å². The molecule has 0 spiro atoms. The molecule has 0 radical (unpaired) electrons. The molecule has 0 aliphatic carbocycles. The average molecular weight is 282 g/mol. The molecule has 0 saturated heterocycles. The van der Waals surface area contributed by atoms with Gasteiger partial charge in [0.05, 0.1) is 0 Å². The van der Waals surface area contributed by atoms with Crippen LogP contribution in [0.25, 0.3) is 0 Å². The Kier molecular flexibility index (Phi) is 2.90. The van der Waals surface area contributed by atoms with Crippen LogP contribution in [0.4, 0.5) is 0 Å². The van der Waals surface area contributed by atoms with Crippen molar-refractivity contribution in [3.05, 3.63) is 33.9 Å². The Morgan fingerprint density at radius 2 is 2.09 bits per heavy atom. The second kappa shape index (κ2) is 3.54. The molecule has 0 N–H and O–H groups in total. The van der Waals surface area contributed by atoms with Crippen molar-refractivity contribution in [3.8, 4) is 0 Å². The maximum Gasteiger partial charge on any atom is 0.185 e. The third kappa shape index (κ3) is 2.45. The Hall–Kier alpha value is -0.0900. The quantitative estimate of drug-likeness (QED) is 0.741. The minimum Gasteiger partial charge on any atom is -0.464 e. The summed E-state index contributed by atoms with van der Waals surface area (Å²) in [4.78, 5) is 10.9. The normalized spacial score (nSPS) is 10.5. The molecule has 0 unspecified atom stereocenters. The van der Waals surface area contributed by atoms with Crippen molar-refractivity contribution in [1.29, 1.82) is 0 Å². The SMILES string of the molecule is Cc1cc(=O)cc(C(Br)Br)o1. The lowest BCUT2D eigenvalue weighted by molar-refractivity contribution is 0.481. The highest BCUT2D eigenvalue weighted by molar-refractivity contribution is 9.24. The number of alkyl halides is 2. The summed E-state index contributed by atoms with van der Waals surface area (Å²) >= 11 is 6.47. The second-order valence-electron chi connectivity index (χ2n) is 2.11. The maximum atomic E-state index is 10.9. The van der Waals surface area contributed by atoms with Crippen LogP contribution >= 0.6 is 31.9 Å². The fourth-order valence-corrected chi connectivity index (χ4v) is 1.19. The van der Waals surface area contributed by atoms with Crippen LogP contribution in [0.3, 0.4) is 0 Å². The molecule has 0 amide bonds. The van der Waals surface area contributed by atoms with Gasteiger partial charge in [0.1, 0.15) is 15.3 Å². The minimum atomic E-state index is -0.0948. The van der Waals surface area contributed by atoms with Crippen LogP contribution in [0.1, 0.15) is 15.3 Å². The van der Waals surface area contributed by atoms with Crippen LogP contribution in [0, 0.1) is 6.92 Å². The zero-order valence-corrected chi connectivity index (χ0v) is 8.98. The zero-order chi connectivity index (χ0) is 8.43. The number of halogens is 2. The van der Waals surface area contributed by atoms with Crippen LogP contribution in [-0.2, 0) is 0 Å². The van der Waals surface area contributed by atoms with Gasteiger partial charge in [0.15, 0.2) is 5.43 Å². The molecule has 1 rings (SSSR count). The number of aryl methyl sites for hydroxylation is 1. The van der Waals surface area contributed by atoms with Crippen LogP contribution in [0.15, 0.2) is 21.3 Å². The van der Waals surface area contributed by atoms with Crippen LogP contribution in [-0.4, -0.2) is 0 Å². The molecule has 0 aromatic carbocycles. The van der Waals surface area contributed by atoms with E-state index >= 15 is 0 Å². The van der Waals surface area contributed by atoms with E-state index in [9.17, 15) is 4.79 Å². The zero-order valence-electron chi connectivity index (χ0n) is 5.80. The van der Waals surface area contributed by atoms with Crippen molar-refractivity contribution >= 4 is 31.9 Å². The molecule has 60 valence electrons. The molecular weight excluding hydrogens is 276 g/mol. The van der Waals surface area contributed by atoms with Gasteiger partial charge in [-0.3, -0.25) is 4.79 Å². The van der Waals surface area contributed by atoms with Crippen molar-refractivity contribution in [3.63, 3.8) is 0 Å². The fraction of sp³-hybridized carbons (Fsp3) is 0.286. The fourth-order valence-electron chi connectivity index (χ4n) is 0.735. The number of rotatable bonds is 1. The summed E-state index contributed by atoms with van der Waals surface area (Å²) in [5.74, 6) is 1.21. The van der Waals surface area contributed by atoms with E-state index in [-0.39, 0.29) is 9.17 Å². The van der Waals surface area contributed by atoms with Crippen LogP contribution in [0.5, 0.6) is 0 Å². The van der Waals surface area contributed by atoms with E-state index in [1.54, 1.807) is 6.92 Å². The Morgan fingerprint density at radius 3 is 2.55 bits per heavy atom. The summed E-state index contributed by atoms with van der Waals surface area (Å²) in [6, 6.07) is 2.90. The van der Waals surface area contributed by atoms with Crippen molar-refractivity contribution < 1.29 is 4.42 Å². The Morgan fingerprint density at radius 1 is 1.45 bits per heavy atom. The monoisotopic (exact) mass is 280 g/mol. The molecule has 11 heavy (non-hydrogen) atoms. The first-order valence-corrected chi connectivity index (χ1v) is 4.82. The van der Waals surface area contributed by atoms with Crippen molar-refractivity contribution in [2.45, 2.75) is 10.7 Å². The Labute approximate surface area is 80.9 Å². The molecule has 1 aromatic heterocycles. The Balaban J connectivity index is 3.19. The largest absolute Gasteiger partial charge is 0.464 e. The highest BCUT2D eigenvalue weighted by Gasteiger charge is 2.05. The van der Waals surface area contributed by atoms with E-state index in [4.69, 9.17) is 4.42 Å². The first-order chi connectivity index (χ1) is 5.09. The summed E-state index contributed by atoms with van der Waals surface area (Å²) in [6.07, 6.45) is 0. The van der Waals surface area contributed by atoms with Crippen molar-refractivity contribution in [2.75, 3.05) is 0 Å². The predicted molar refractivity (Wildman–Crippen MR) is 50.3 cm³/mol.